The summed E-state index contributed by atoms with van der Waals surface area (Å²) in [6, 6.07) is 13.1. The van der Waals surface area contributed by atoms with E-state index in [9.17, 15) is 4.39 Å². The quantitative estimate of drug-likeness (QED) is 0.861. The molecule has 0 aliphatic rings. The van der Waals surface area contributed by atoms with Gasteiger partial charge in [-0.25, -0.2) is 4.39 Å². The predicted octanol–water partition coefficient (Wildman–Crippen LogP) is 4.57. The van der Waals surface area contributed by atoms with Crippen molar-refractivity contribution in [2.24, 2.45) is 0 Å². The lowest BCUT2D eigenvalue weighted by molar-refractivity contribution is 0.410. The van der Waals surface area contributed by atoms with Crippen LogP contribution < -0.4 is 10.1 Å². The van der Waals surface area contributed by atoms with E-state index in [-0.39, 0.29) is 11.9 Å². The number of aryl methyl sites for hydroxylation is 1. The summed E-state index contributed by atoms with van der Waals surface area (Å²) in [6.07, 6.45) is 1.02. The molecule has 0 bridgehead atoms. The minimum absolute atomic E-state index is 0.103. The van der Waals surface area contributed by atoms with Crippen LogP contribution in [-0.2, 0) is 6.42 Å². The normalized spacial score (nSPS) is 12.0. The summed E-state index contributed by atoms with van der Waals surface area (Å²) < 4.78 is 19.0. The fraction of sp³-hybridized carbons (Fsp3) is 0.294. The number of nitrogens with one attached hydrogen (secondary N) is 1. The average Bonchev–Trinajstić information content (AvgIpc) is 2.47. The van der Waals surface area contributed by atoms with Crippen molar-refractivity contribution in [3.05, 3.63) is 59.4 Å². The third-order valence-corrected chi connectivity index (χ3v) is 3.42. The molecule has 2 rings (SSSR count). The van der Waals surface area contributed by atoms with Crippen LogP contribution in [0.25, 0.3) is 0 Å². The molecule has 0 heterocycles. The second-order valence-corrected chi connectivity index (χ2v) is 4.80. The molecule has 2 nitrogen and oxygen atoms in total. The number of hydrogen-bond donors (Lipinski definition) is 1. The van der Waals surface area contributed by atoms with Crippen LogP contribution in [0, 0.1) is 5.82 Å². The Morgan fingerprint density at radius 2 is 1.85 bits per heavy atom. The number of halogens is 1. The zero-order valence-corrected chi connectivity index (χ0v) is 12.1. The van der Waals surface area contributed by atoms with E-state index in [1.807, 2.05) is 19.1 Å². The van der Waals surface area contributed by atoms with Crippen LogP contribution >= 0.6 is 0 Å². The molecule has 3 heteroatoms. The average molecular weight is 273 g/mol. The predicted molar refractivity (Wildman–Crippen MR) is 80.8 cm³/mol. The molecule has 0 saturated heterocycles. The number of rotatable bonds is 5. The highest BCUT2D eigenvalue weighted by Gasteiger charge is 2.11. The summed E-state index contributed by atoms with van der Waals surface area (Å²) >= 11 is 0. The molecule has 0 aliphatic heterocycles. The minimum Gasteiger partial charge on any atom is -0.497 e. The number of methoxy groups -OCH3 is 1. The second-order valence-electron chi connectivity index (χ2n) is 4.80. The monoisotopic (exact) mass is 273 g/mol. The first kappa shape index (κ1) is 14.4. The molecule has 0 spiro atoms. The van der Waals surface area contributed by atoms with E-state index < -0.39 is 0 Å². The van der Waals surface area contributed by atoms with Crippen LogP contribution in [-0.4, -0.2) is 7.11 Å². The highest BCUT2D eigenvalue weighted by molar-refractivity contribution is 5.47. The van der Waals surface area contributed by atoms with Crippen molar-refractivity contribution in [1.82, 2.24) is 0 Å². The molecule has 0 aromatic heterocycles. The van der Waals surface area contributed by atoms with Crippen molar-refractivity contribution in [3.8, 4) is 5.75 Å². The Bertz CT molecular complexity index is 566. The van der Waals surface area contributed by atoms with E-state index in [0.717, 1.165) is 12.1 Å². The summed E-state index contributed by atoms with van der Waals surface area (Å²) in [5.74, 6) is 0.278. The summed E-state index contributed by atoms with van der Waals surface area (Å²) in [7, 11) is 1.53. The first-order chi connectivity index (χ1) is 9.63. The Morgan fingerprint density at radius 1 is 1.15 bits per heavy atom. The molecular formula is C17H20FNO. The summed E-state index contributed by atoms with van der Waals surface area (Å²) in [4.78, 5) is 0. The topological polar surface area (TPSA) is 21.3 Å². The summed E-state index contributed by atoms with van der Waals surface area (Å²) in [6.45, 7) is 4.07. The number of ether oxygens (including phenoxy) is 1. The van der Waals surface area contributed by atoms with Gasteiger partial charge in [-0.3, -0.25) is 0 Å². The fourth-order valence-electron chi connectivity index (χ4n) is 2.15. The number of benzene rings is 2. The second kappa shape index (κ2) is 6.42. The Labute approximate surface area is 119 Å². The zero-order valence-electron chi connectivity index (χ0n) is 12.1. The maximum atomic E-state index is 14.0. The fourth-order valence-corrected chi connectivity index (χ4v) is 2.15. The molecule has 106 valence electrons. The molecule has 20 heavy (non-hydrogen) atoms. The van der Waals surface area contributed by atoms with E-state index in [1.54, 1.807) is 12.1 Å². The summed E-state index contributed by atoms with van der Waals surface area (Å²) in [5.41, 5.74) is 2.91. The SMILES string of the molecule is CCc1ccc(NC(C)c2ccc(OC)cc2F)cc1. The third-order valence-electron chi connectivity index (χ3n) is 3.42. The van der Waals surface area contributed by atoms with Crippen LogP contribution in [0.4, 0.5) is 10.1 Å². The molecule has 0 fully saturated rings. The highest BCUT2D eigenvalue weighted by Crippen LogP contribution is 2.25. The largest absolute Gasteiger partial charge is 0.497 e. The molecule has 1 atom stereocenters. The molecule has 0 aliphatic carbocycles. The maximum Gasteiger partial charge on any atom is 0.132 e. The van der Waals surface area contributed by atoms with Crippen molar-refractivity contribution in [2.75, 3.05) is 12.4 Å². The molecule has 0 amide bonds. The molecule has 0 saturated carbocycles. The standard InChI is InChI=1S/C17H20FNO/c1-4-13-5-7-14(8-6-13)19-12(2)16-10-9-15(20-3)11-17(16)18/h5-12,19H,4H2,1-3H3. The first-order valence-electron chi connectivity index (χ1n) is 6.83. The van der Waals surface area contributed by atoms with Crippen molar-refractivity contribution < 1.29 is 9.13 Å². The van der Waals surface area contributed by atoms with Gasteiger partial charge in [-0.1, -0.05) is 25.1 Å². The minimum atomic E-state index is -0.255. The van der Waals surface area contributed by atoms with Gasteiger partial charge in [-0.15, -0.1) is 0 Å². The van der Waals surface area contributed by atoms with Gasteiger partial charge in [0.15, 0.2) is 0 Å². The Morgan fingerprint density at radius 3 is 2.40 bits per heavy atom. The van der Waals surface area contributed by atoms with Gasteiger partial charge in [0.2, 0.25) is 0 Å². The number of anilines is 1. The Balaban J connectivity index is 2.12. The van der Waals surface area contributed by atoms with Crippen molar-refractivity contribution in [1.29, 1.82) is 0 Å². The molecule has 2 aromatic carbocycles. The van der Waals surface area contributed by atoms with Crippen LogP contribution in [0.5, 0.6) is 5.75 Å². The van der Waals surface area contributed by atoms with E-state index >= 15 is 0 Å². The van der Waals surface area contributed by atoms with Gasteiger partial charge >= 0.3 is 0 Å². The van der Waals surface area contributed by atoms with E-state index in [0.29, 0.717) is 11.3 Å². The van der Waals surface area contributed by atoms with Gasteiger partial charge in [-0.2, -0.15) is 0 Å². The van der Waals surface area contributed by atoms with Crippen LogP contribution in [0.2, 0.25) is 0 Å². The zero-order chi connectivity index (χ0) is 14.5. The van der Waals surface area contributed by atoms with Crippen LogP contribution in [0.15, 0.2) is 42.5 Å². The van der Waals surface area contributed by atoms with Gasteiger partial charge in [0.05, 0.1) is 13.2 Å². The molecule has 1 N–H and O–H groups in total. The van der Waals surface area contributed by atoms with E-state index in [4.69, 9.17) is 4.74 Å². The molecular weight excluding hydrogens is 253 g/mol. The van der Waals surface area contributed by atoms with Gasteiger partial charge < -0.3 is 10.1 Å². The lowest BCUT2D eigenvalue weighted by atomic mass is 10.1. The summed E-state index contributed by atoms with van der Waals surface area (Å²) in [5, 5.41) is 3.31. The molecule has 0 radical (unpaired) electrons. The first-order valence-corrected chi connectivity index (χ1v) is 6.83. The van der Waals surface area contributed by atoms with E-state index in [2.05, 4.69) is 24.4 Å². The van der Waals surface area contributed by atoms with Crippen molar-refractivity contribution in [2.45, 2.75) is 26.3 Å². The van der Waals surface area contributed by atoms with Gasteiger partial charge in [0.25, 0.3) is 0 Å². The van der Waals surface area contributed by atoms with Gasteiger partial charge in [-0.05, 0) is 37.1 Å². The lowest BCUT2D eigenvalue weighted by Gasteiger charge is -2.17. The van der Waals surface area contributed by atoms with Crippen molar-refractivity contribution >= 4 is 5.69 Å². The molecule has 2 aromatic rings. The van der Waals surface area contributed by atoms with Gasteiger partial charge in [0, 0.05) is 17.3 Å². The van der Waals surface area contributed by atoms with Crippen LogP contribution in [0.1, 0.15) is 31.0 Å². The Kier molecular flexibility index (Phi) is 4.61. The van der Waals surface area contributed by atoms with E-state index in [1.165, 1.54) is 18.7 Å². The van der Waals surface area contributed by atoms with Crippen molar-refractivity contribution in [3.63, 3.8) is 0 Å². The highest BCUT2D eigenvalue weighted by atomic mass is 19.1. The smallest absolute Gasteiger partial charge is 0.132 e. The maximum absolute atomic E-state index is 14.0. The lowest BCUT2D eigenvalue weighted by Crippen LogP contribution is -2.08. The number of hydrogen-bond acceptors (Lipinski definition) is 2. The van der Waals surface area contributed by atoms with Crippen LogP contribution in [0.3, 0.4) is 0 Å². The molecule has 1 unspecified atom stereocenters. The Hall–Kier alpha value is -2.03. The van der Waals surface area contributed by atoms with Gasteiger partial charge in [0.1, 0.15) is 11.6 Å². The third kappa shape index (κ3) is 3.29.